The van der Waals surface area contributed by atoms with Gasteiger partial charge in [-0.15, -0.1) is 0 Å². The van der Waals surface area contributed by atoms with Crippen molar-refractivity contribution in [1.29, 1.82) is 0 Å². The molecule has 0 saturated carbocycles. The minimum absolute atomic E-state index is 0.349. The summed E-state index contributed by atoms with van der Waals surface area (Å²) in [6.45, 7) is 2.14. The molecule has 0 unspecified atom stereocenters. The van der Waals surface area contributed by atoms with Crippen molar-refractivity contribution in [2.75, 3.05) is 12.9 Å². The molecule has 4 heteroatoms. The molecule has 15 heavy (non-hydrogen) atoms. The lowest BCUT2D eigenvalue weighted by Crippen LogP contribution is -2.16. The average molecular weight is 226 g/mol. The zero-order valence-corrected chi connectivity index (χ0v) is 9.62. The van der Waals surface area contributed by atoms with Gasteiger partial charge in [-0.25, -0.2) is 4.79 Å². The summed E-state index contributed by atoms with van der Waals surface area (Å²) in [4.78, 5) is 11.6. The Balaban J connectivity index is 2.78. The van der Waals surface area contributed by atoms with Gasteiger partial charge in [-0.3, -0.25) is 4.18 Å². The van der Waals surface area contributed by atoms with Crippen LogP contribution in [0.4, 0.5) is 0 Å². The van der Waals surface area contributed by atoms with Gasteiger partial charge in [-0.2, -0.15) is 0 Å². The van der Waals surface area contributed by atoms with Gasteiger partial charge in [0.1, 0.15) is 0 Å². The number of esters is 1. The third-order valence-electron chi connectivity index (χ3n) is 1.80. The zero-order valence-electron chi connectivity index (χ0n) is 8.80. The van der Waals surface area contributed by atoms with E-state index in [4.69, 9.17) is 8.92 Å². The van der Waals surface area contributed by atoms with Gasteiger partial charge in [0.2, 0.25) is 0 Å². The summed E-state index contributed by atoms with van der Waals surface area (Å²) in [6.07, 6.45) is 1.14. The van der Waals surface area contributed by atoms with E-state index >= 15 is 0 Å². The van der Waals surface area contributed by atoms with Crippen LogP contribution in [0.3, 0.4) is 0 Å². The van der Waals surface area contributed by atoms with E-state index in [1.165, 1.54) is 0 Å². The fourth-order valence-corrected chi connectivity index (χ4v) is 1.56. The van der Waals surface area contributed by atoms with E-state index in [9.17, 15) is 4.79 Å². The Morgan fingerprint density at radius 3 is 2.60 bits per heavy atom. The minimum Gasteiger partial charge on any atom is -0.464 e. The third kappa shape index (κ3) is 3.57. The highest BCUT2D eigenvalue weighted by atomic mass is 32.2. The SMILES string of the molecule is CCOC(=O)[C@@H](OSC)c1ccccc1. The van der Waals surface area contributed by atoms with Gasteiger partial charge >= 0.3 is 5.97 Å². The molecule has 0 aliphatic carbocycles. The first-order chi connectivity index (χ1) is 7.29. The predicted molar refractivity (Wildman–Crippen MR) is 60.4 cm³/mol. The molecule has 1 rings (SSSR count). The summed E-state index contributed by atoms with van der Waals surface area (Å²) >= 11 is 1.16. The van der Waals surface area contributed by atoms with E-state index in [0.717, 1.165) is 17.6 Å². The van der Waals surface area contributed by atoms with Crippen LogP contribution in [0.1, 0.15) is 18.6 Å². The van der Waals surface area contributed by atoms with Gasteiger partial charge in [0.05, 0.1) is 6.61 Å². The molecule has 1 aromatic rings. The highest BCUT2D eigenvalue weighted by molar-refractivity contribution is 7.93. The Bertz CT molecular complexity index is 300. The number of ether oxygens (including phenoxy) is 1. The van der Waals surface area contributed by atoms with Gasteiger partial charge in [0.15, 0.2) is 6.10 Å². The van der Waals surface area contributed by atoms with Gasteiger partial charge in [-0.05, 0) is 24.5 Å². The van der Waals surface area contributed by atoms with E-state index in [0.29, 0.717) is 6.61 Å². The molecule has 0 fully saturated rings. The lowest BCUT2D eigenvalue weighted by molar-refractivity contribution is -0.151. The number of rotatable bonds is 5. The molecule has 3 nitrogen and oxygen atoms in total. The van der Waals surface area contributed by atoms with Crippen molar-refractivity contribution in [3.05, 3.63) is 35.9 Å². The Labute approximate surface area is 94.0 Å². The van der Waals surface area contributed by atoms with Crippen LogP contribution in [-0.4, -0.2) is 18.8 Å². The fraction of sp³-hybridized carbons (Fsp3) is 0.364. The largest absolute Gasteiger partial charge is 0.464 e. The lowest BCUT2D eigenvalue weighted by Gasteiger charge is -2.14. The molecule has 0 heterocycles. The van der Waals surface area contributed by atoms with Crippen molar-refractivity contribution in [2.45, 2.75) is 13.0 Å². The maximum absolute atomic E-state index is 11.6. The average Bonchev–Trinajstić information content (AvgIpc) is 2.27. The molecule has 0 aliphatic heterocycles. The Morgan fingerprint density at radius 2 is 2.07 bits per heavy atom. The van der Waals surface area contributed by atoms with Crippen molar-refractivity contribution in [3.8, 4) is 0 Å². The second-order valence-corrected chi connectivity index (χ2v) is 3.33. The van der Waals surface area contributed by atoms with E-state index in [1.807, 2.05) is 30.3 Å². The second kappa shape index (κ2) is 6.48. The van der Waals surface area contributed by atoms with Crippen molar-refractivity contribution < 1.29 is 13.7 Å². The van der Waals surface area contributed by atoms with Crippen molar-refractivity contribution in [2.24, 2.45) is 0 Å². The molecule has 0 N–H and O–H groups in total. The molecule has 0 aromatic heterocycles. The van der Waals surface area contributed by atoms with Crippen molar-refractivity contribution in [3.63, 3.8) is 0 Å². The molecular weight excluding hydrogens is 212 g/mol. The summed E-state index contributed by atoms with van der Waals surface area (Å²) in [7, 11) is 0. The van der Waals surface area contributed by atoms with Crippen LogP contribution in [0.5, 0.6) is 0 Å². The predicted octanol–water partition coefficient (Wildman–Crippen LogP) is 2.59. The Hall–Kier alpha value is -1.00. The van der Waals surface area contributed by atoms with Crippen LogP contribution in [0, 0.1) is 0 Å². The van der Waals surface area contributed by atoms with Crippen LogP contribution in [0.15, 0.2) is 30.3 Å². The number of benzene rings is 1. The highest BCUT2D eigenvalue weighted by Crippen LogP contribution is 2.22. The highest BCUT2D eigenvalue weighted by Gasteiger charge is 2.22. The molecule has 1 atom stereocenters. The lowest BCUT2D eigenvalue weighted by atomic mass is 10.1. The summed E-state index contributed by atoms with van der Waals surface area (Å²) in [5.41, 5.74) is 0.810. The number of carbonyl (C=O) groups excluding carboxylic acids is 1. The van der Waals surface area contributed by atoms with E-state index < -0.39 is 6.10 Å². The maximum Gasteiger partial charge on any atom is 0.341 e. The zero-order chi connectivity index (χ0) is 11.1. The first kappa shape index (κ1) is 12.1. The number of hydrogen-bond acceptors (Lipinski definition) is 4. The Kier molecular flexibility index (Phi) is 5.21. The smallest absolute Gasteiger partial charge is 0.341 e. The van der Waals surface area contributed by atoms with E-state index in [-0.39, 0.29) is 5.97 Å². The molecule has 82 valence electrons. The first-order valence-electron chi connectivity index (χ1n) is 4.70. The summed E-state index contributed by atoms with van der Waals surface area (Å²) in [5, 5.41) is 0. The number of carbonyl (C=O) groups is 1. The van der Waals surface area contributed by atoms with Crippen LogP contribution < -0.4 is 0 Å². The normalized spacial score (nSPS) is 12.1. The standard InChI is InChI=1S/C11H14O3S/c1-3-13-11(12)10(14-15-2)9-7-5-4-6-8-9/h4-8,10H,3H2,1-2H3/t10-/m0/s1. The topological polar surface area (TPSA) is 35.5 Å². The quantitative estimate of drug-likeness (QED) is 0.571. The summed E-state index contributed by atoms with van der Waals surface area (Å²) in [5.74, 6) is -0.349. The summed E-state index contributed by atoms with van der Waals surface area (Å²) < 4.78 is 10.2. The molecule has 0 radical (unpaired) electrons. The van der Waals surface area contributed by atoms with Crippen LogP contribution >= 0.6 is 12.0 Å². The molecule has 0 bridgehead atoms. The second-order valence-electron chi connectivity index (χ2n) is 2.81. The van der Waals surface area contributed by atoms with E-state index in [2.05, 4.69) is 0 Å². The molecule has 0 amide bonds. The van der Waals surface area contributed by atoms with Gasteiger partial charge in [0, 0.05) is 6.26 Å². The van der Waals surface area contributed by atoms with Gasteiger partial charge in [0.25, 0.3) is 0 Å². The van der Waals surface area contributed by atoms with Crippen LogP contribution in [-0.2, 0) is 13.7 Å². The minimum atomic E-state index is -0.638. The molecular formula is C11H14O3S. The fourth-order valence-electron chi connectivity index (χ4n) is 1.17. The first-order valence-corrected chi connectivity index (χ1v) is 5.85. The van der Waals surface area contributed by atoms with Crippen molar-refractivity contribution in [1.82, 2.24) is 0 Å². The van der Waals surface area contributed by atoms with Crippen LogP contribution in [0.25, 0.3) is 0 Å². The molecule has 0 saturated heterocycles. The Morgan fingerprint density at radius 1 is 1.40 bits per heavy atom. The molecule has 0 aliphatic rings. The number of hydrogen-bond donors (Lipinski definition) is 0. The summed E-state index contributed by atoms with van der Waals surface area (Å²) in [6, 6.07) is 9.32. The molecule has 1 aromatic carbocycles. The van der Waals surface area contributed by atoms with Gasteiger partial charge in [-0.1, -0.05) is 30.3 Å². The monoisotopic (exact) mass is 226 g/mol. The van der Waals surface area contributed by atoms with Gasteiger partial charge < -0.3 is 4.74 Å². The van der Waals surface area contributed by atoms with E-state index in [1.54, 1.807) is 13.2 Å². The van der Waals surface area contributed by atoms with Crippen molar-refractivity contribution >= 4 is 18.0 Å². The maximum atomic E-state index is 11.6. The molecule has 0 spiro atoms. The van der Waals surface area contributed by atoms with Crippen LogP contribution in [0.2, 0.25) is 0 Å². The third-order valence-corrected chi connectivity index (χ3v) is 2.18.